The van der Waals surface area contributed by atoms with Gasteiger partial charge in [0.1, 0.15) is 12.4 Å². The van der Waals surface area contributed by atoms with Crippen LogP contribution in [0.4, 0.5) is 5.69 Å². The molecule has 0 saturated heterocycles. The summed E-state index contributed by atoms with van der Waals surface area (Å²) in [5.74, 6) is 0.898. The van der Waals surface area contributed by atoms with Crippen LogP contribution >= 0.6 is 0 Å². The largest absolute Gasteiger partial charge is 0.488 e. The van der Waals surface area contributed by atoms with Crippen molar-refractivity contribution in [2.24, 2.45) is 0 Å². The first-order valence-electron chi connectivity index (χ1n) is 7.24. The van der Waals surface area contributed by atoms with Crippen LogP contribution in [0.25, 0.3) is 16.8 Å². The molecule has 0 aliphatic carbocycles. The fourth-order valence-corrected chi connectivity index (χ4v) is 2.59. The first-order valence-corrected chi connectivity index (χ1v) is 7.24. The van der Waals surface area contributed by atoms with Crippen molar-refractivity contribution in [3.8, 4) is 11.8 Å². The molecule has 0 fully saturated rings. The Morgan fingerprint density at radius 3 is 2.77 bits per heavy atom. The monoisotopic (exact) mass is 290 g/mol. The van der Waals surface area contributed by atoms with Crippen molar-refractivity contribution < 1.29 is 4.74 Å². The number of nitriles is 1. The average molecular weight is 290 g/mol. The highest BCUT2D eigenvalue weighted by Gasteiger charge is 2.12. The van der Waals surface area contributed by atoms with Gasteiger partial charge in [-0.05, 0) is 59.7 Å². The van der Waals surface area contributed by atoms with Gasteiger partial charge in [0.15, 0.2) is 0 Å². The SMILES string of the molecule is C/C(C#N)=C/C1=Cc2cc3ccc(N(C)C)cc3cc2OC1. The highest BCUT2D eigenvalue weighted by molar-refractivity contribution is 5.90. The lowest BCUT2D eigenvalue weighted by Gasteiger charge is -2.18. The van der Waals surface area contributed by atoms with E-state index in [0.717, 1.165) is 16.9 Å². The number of nitrogens with zero attached hydrogens (tertiary/aromatic N) is 2. The van der Waals surface area contributed by atoms with Gasteiger partial charge in [-0.15, -0.1) is 0 Å². The van der Waals surface area contributed by atoms with Crippen LogP contribution in [-0.4, -0.2) is 20.7 Å². The Kier molecular flexibility index (Phi) is 3.60. The van der Waals surface area contributed by atoms with Gasteiger partial charge in [-0.2, -0.15) is 5.26 Å². The van der Waals surface area contributed by atoms with Crippen LogP contribution in [0.15, 0.2) is 47.6 Å². The van der Waals surface area contributed by atoms with Gasteiger partial charge < -0.3 is 9.64 Å². The van der Waals surface area contributed by atoms with E-state index in [1.54, 1.807) is 6.92 Å². The lowest BCUT2D eigenvalue weighted by atomic mass is 10.0. The molecular weight excluding hydrogens is 272 g/mol. The van der Waals surface area contributed by atoms with E-state index in [9.17, 15) is 0 Å². The molecular formula is C19H18N2O. The van der Waals surface area contributed by atoms with Crippen LogP contribution in [-0.2, 0) is 0 Å². The Hall–Kier alpha value is -2.73. The lowest BCUT2D eigenvalue weighted by molar-refractivity contribution is 0.351. The molecule has 2 aromatic rings. The molecule has 0 radical (unpaired) electrons. The van der Waals surface area contributed by atoms with Crippen LogP contribution in [0, 0.1) is 11.3 Å². The molecule has 0 atom stereocenters. The fourth-order valence-electron chi connectivity index (χ4n) is 2.59. The number of hydrogen-bond donors (Lipinski definition) is 0. The Balaban J connectivity index is 2.07. The summed E-state index contributed by atoms with van der Waals surface area (Å²) < 4.78 is 5.85. The molecule has 22 heavy (non-hydrogen) atoms. The van der Waals surface area contributed by atoms with Gasteiger partial charge >= 0.3 is 0 Å². The van der Waals surface area contributed by atoms with Gasteiger partial charge in [0.25, 0.3) is 0 Å². The molecule has 3 rings (SSSR count). The van der Waals surface area contributed by atoms with E-state index < -0.39 is 0 Å². The summed E-state index contributed by atoms with van der Waals surface area (Å²) in [6, 6.07) is 12.8. The predicted octanol–water partition coefficient (Wildman–Crippen LogP) is 4.15. The number of allylic oxidation sites excluding steroid dienone is 1. The third-order valence-corrected chi connectivity index (χ3v) is 3.78. The van der Waals surface area contributed by atoms with Crippen LogP contribution in [0.2, 0.25) is 0 Å². The van der Waals surface area contributed by atoms with E-state index in [-0.39, 0.29) is 0 Å². The zero-order valence-corrected chi connectivity index (χ0v) is 13.1. The van der Waals surface area contributed by atoms with E-state index in [0.29, 0.717) is 12.2 Å². The van der Waals surface area contributed by atoms with Crippen molar-refractivity contribution in [3.05, 3.63) is 53.1 Å². The number of fused-ring (bicyclic) bond motifs is 2. The summed E-state index contributed by atoms with van der Waals surface area (Å²) in [5, 5.41) is 11.2. The number of rotatable bonds is 2. The van der Waals surface area contributed by atoms with Crippen molar-refractivity contribution in [2.75, 3.05) is 25.6 Å². The number of hydrogen-bond acceptors (Lipinski definition) is 3. The topological polar surface area (TPSA) is 36.3 Å². The first kappa shape index (κ1) is 14.2. The second-order valence-corrected chi connectivity index (χ2v) is 5.76. The zero-order valence-electron chi connectivity index (χ0n) is 13.1. The maximum absolute atomic E-state index is 8.88. The van der Waals surface area contributed by atoms with Gasteiger partial charge in [-0.1, -0.05) is 6.07 Å². The van der Waals surface area contributed by atoms with Gasteiger partial charge in [0.2, 0.25) is 0 Å². The third-order valence-electron chi connectivity index (χ3n) is 3.78. The molecule has 0 N–H and O–H groups in total. The second-order valence-electron chi connectivity index (χ2n) is 5.76. The van der Waals surface area contributed by atoms with Crippen LogP contribution in [0.3, 0.4) is 0 Å². The molecule has 1 aliphatic rings. The smallest absolute Gasteiger partial charge is 0.127 e. The quantitative estimate of drug-likeness (QED) is 0.779. The predicted molar refractivity (Wildman–Crippen MR) is 91.1 cm³/mol. The molecule has 0 saturated carbocycles. The number of ether oxygens (including phenoxy) is 1. The van der Waals surface area contributed by atoms with Crippen molar-refractivity contribution in [3.63, 3.8) is 0 Å². The number of benzene rings is 2. The third kappa shape index (κ3) is 2.68. The minimum Gasteiger partial charge on any atom is -0.488 e. The summed E-state index contributed by atoms with van der Waals surface area (Å²) in [7, 11) is 4.07. The Morgan fingerprint density at radius 1 is 1.23 bits per heavy atom. The average Bonchev–Trinajstić information content (AvgIpc) is 2.52. The molecule has 110 valence electrons. The van der Waals surface area contributed by atoms with E-state index in [1.807, 2.05) is 20.2 Å². The molecule has 0 bridgehead atoms. The molecule has 0 unspecified atom stereocenters. The van der Waals surface area contributed by atoms with Crippen molar-refractivity contribution in [2.45, 2.75) is 6.92 Å². The fraction of sp³-hybridized carbons (Fsp3) is 0.211. The maximum atomic E-state index is 8.88. The zero-order chi connectivity index (χ0) is 15.7. The molecule has 2 aromatic carbocycles. The van der Waals surface area contributed by atoms with Gasteiger partial charge in [0.05, 0.1) is 6.07 Å². The van der Waals surface area contributed by atoms with E-state index in [1.165, 1.54) is 16.5 Å². The van der Waals surface area contributed by atoms with Gasteiger partial charge in [-0.25, -0.2) is 0 Å². The second kappa shape index (κ2) is 5.57. The summed E-state index contributed by atoms with van der Waals surface area (Å²) in [4.78, 5) is 2.09. The molecule has 0 aromatic heterocycles. The van der Waals surface area contributed by atoms with E-state index in [4.69, 9.17) is 10.00 Å². The van der Waals surface area contributed by atoms with Gasteiger partial charge in [0, 0.05) is 30.9 Å². The van der Waals surface area contributed by atoms with Gasteiger partial charge in [-0.3, -0.25) is 0 Å². The maximum Gasteiger partial charge on any atom is 0.127 e. The minimum absolute atomic E-state index is 0.505. The summed E-state index contributed by atoms with van der Waals surface area (Å²) in [6.45, 7) is 2.31. The lowest BCUT2D eigenvalue weighted by Crippen LogP contribution is -2.08. The summed E-state index contributed by atoms with van der Waals surface area (Å²) in [6.07, 6.45) is 3.97. The number of anilines is 1. The summed E-state index contributed by atoms with van der Waals surface area (Å²) >= 11 is 0. The van der Waals surface area contributed by atoms with Crippen LogP contribution in [0.1, 0.15) is 12.5 Å². The normalized spacial score (nSPS) is 13.9. The first-order chi connectivity index (χ1) is 10.6. The highest BCUT2D eigenvalue weighted by atomic mass is 16.5. The van der Waals surface area contributed by atoms with Crippen LogP contribution < -0.4 is 9.64 Å². The van der Waals surface area contributed by atoms with E-state index >= 15 is 0 Å². The molecule has 0 spiro atoms. The Labute approximate surface area is 130 Å². The van der Waals surface area contributed by atoms with Crippen LogP contribution in [0.5, 0.6) is 5.75 Å². The minimum atomic E-state index is 0.505. The molecule has 0 amide bonds. The Morgan fingerprint density at radius 2 is 2.05 bits per heavy atom. The molecule has 3 nitrogen and oxygen atoms in total. The van der Waals surface area contributed by atoms with Crippen molar-refractivity contribution in [1.29, 1.82) is 5.26 Å². The molecule has 3 heteroatoms. The van der Waals surface area contributed by atoms with Crippen molar-refractivity contribution in [1.82, 2.24) is 0 Å². The highest BCUT2D eigenvalue weighted by Crippen LogP contribution is 2.33. The van der Waals surface area contributed by atoms with Crippen molar-refractivity contribution >= 4 is 22.5 Å². The standard InChI is InChI=1S/C19H18N2O/c1-13(11-20)6-14-7-17-8-15-4-5-18(21(2)3)9-16(15)10-19(17)22-12-14/h4-10H,12H2,1-3H3/b13-6-. The molecule has 1 aliphatic heterocycles. The molecule has 1 heterocycles. The van der Waals surface area contributed by atoms with E-state index in [2.05, 4.69) is 47.4 Å². The Bertz CT molecular complexity index is 838. The summed E-state index contributed by atoms with van der Waals surface area (Å²) in [5.41, 5.74) is 3.95.